The fourth-order valence-corrected chi connectivity index (χ4v) is 1.62. The van der Waals surface area contributed by atoms with E-state index in [9.17, 15) is 24.6 Å². The number of Topliss-reactive ketones (excluding diaryl/α,β-unsaturated/α-hetero) is 1. The minimum atomic E-state index is -3.44. The van der Waals surface area contributed by atoms with Gasteiger partial charge in [0.25, 0.3) is 5.60 Å². The summed E-state index contributed by atoms with van der Waals surface area (Å²) in [5.41, 5.74) is -2.14. The first-order valence-corrected chi connectivity index (χ1v) is 5.61. The fourth-order valence-electron chi connectivity index (χ4n) is 1.62. The van der Waals surface area contributed by atoms with Crippen molar-refractivity contribution in [2.45, 2.75) is 25.6 Å². The average Bonchev–Trinajstić information content (AvgIpc) is 2.38. The Labute approximate surface area is 119 Å². The van der Waals surface area contributed by atoms with Crippen molar-refractivity contribution in [2.24, 2.45) is 0 Å². The van der Waals surface area contributed by atoms with Gasteiger partial charge in [-0.2, -0.15) is 0 Å². The third-order valence-electron chi connectivity index (χ3n) is 3.07. The van der Waals surface area contributed by atoms with Crippen LogP contribution in [0.5, 0.6) is 0 Å². The van der Waals surface area contributed by atoms with E-state index in [1.165, 1.54) is 18.2 Å². The first-order valence-electron chi connectivity index (χ1n) is 5.61. The zero-order valence-electron chi connectivity index (χ0n) is 11.3. The quantitative estimate of drug-likeness (QED) is 0.397. The Morgan fingerprint density at radius 3 is 2.00 bits per heavy atom. The van der Waals surface area contributed by atoms with E-state index in [-0.39, 0.29) is 11.0 Å². The van der Waals surface area contributed by atoms with E-state index in [1.807, 2.05) is 0 Å². The molecular formula is C13H16O8. The van der Waals surface area contributed by atoms with Crippen LogP contribution in [0.25, 0.3) is 0 Å². The molecule has 0 bridgehead atoms. The van der Waals surface area contributed by atoms with Gasteiger partial charge in [0.15, 0.2) is 6.10 Å². The van der Waals surface area contributed by atoms with Crippen molar-refractivity contribution in [3.63, 3.8) is 0 Å². The third kappa shape index (κ3) is 3.24. The number of hydrogen-bond acceptors (Lipinski definition) is 5. The third-order valence-corrected chi connectivity index (χ3v) is 3.07. The van der Waals surface area contributed by atoms with Crippen LogP contribution >= 0.6 is 0 Å². The van der Waals surface area contributed by atoms with Gasteiger partial charge in [0, 0.05) is 5.56 Å². The van der Waals surface area contributed by atoms with Crippen LogP contribution in [0, 0.1) is 13.8 Å². The number of ketones is 1. The van der Waals surface area contributed by atoms with Crippen LogP contribution in [-0.2, 0) is 9.59 Å². The highest BCUT2D eigenvalue weighted by atomic mass is 16.4. The highest BCUT2D eigenvalue weighted by Gasteiger charge is 2.54. The average molecular weight is 300 g/mol. The van der Waals surface area contributed by atoms with Crippen molar-refractivity contribution in [1.82, 2.24) is 0 Å². The smallest absolute Gasteiger partial charge is 0.347 e. The summed E-state index contributed by atoms with van der Waals surface area (Å²) in [6, 6.07) is 4.10. The Morgan fingerprint density at radius 2 is 1.62 bits per heavy atom. The molecule has 21 heavy (non-hydrogen) atoms. The van der Waals surface area contributed by atoms with Crippen LogP contribution in [0.2, 0.25) is 0 Å². The van der Waals surface area contributed by atoms with Gasteiger partial charge in [-0.3, -0.25) is 4.79 Å². The van der Waals surface area contributed by atoms with Crippen LogP contribution in [0.1, 0.15) is 21.5 Å². The number of carboxylic acids is 2. The number of carbonyl (C=O) groups is 3. The molecule has 0 aliphatic rings. The second-order valence-electron chi connectivity index (χ2n) is 4.44. The number of carboxylic acid groups (broad SMARTS) is 2. The summed E-state index contributed by atoms with van der Waals surface area (Å²) in [5, 5.41) is 36.7. The van der Waals surface area contributed by atoms with Gasteiger partial charge in [0.05, 0.1) is 0 Å². The molecule has 1 rings (SSSR count). The highest BCUT2D eigenvalue weighted by Crippen LogP contribution is 2.21. The topological polar surface area (TPSA) is 164 Å². The first kappa shape index (κ1) is 18.7. The Hall–Kier alpha value is -2.29. The van der Waals surface area contributed by atoms with E-state index in [1.54, 1.807) is 13.8 Å². The minimum absolute atomic E-state index is 0. The van der Waals surface area contributed by atoms with Crippen LogP contribution in [0.3, 0.4) is 0 Å². The maximum atomic E-state index is 12.1. The number of aliphatic hydroxyl groups is 2. The van der Waals surface area contributed by atoms with Gasteiger partial charge >= 0.3 is 11.9 Å². The summed E-state index contributed by atoms with van der Waals surface area (Å²) in [5.74, 6) is -5.52. The van der Waals surface area contributed by atoms with Crippen molar-refractivity contribution in [3.8, 4) is 0 Å². The predicted molar refractivity (Wildman–Crippen MR) is 70.1 cm³/mol. The number of aryl methyl sites for hydroxylation is 2. The molecule has 116 valence electrons. The van der Waals surface area contributed by atoms with Crippen LogP contribution < -0.4 is 0 Å². The lowest BCUT2D eigenvalue weighted by molar-refractivity contribution is -0.175. The molecule has 0 heterocycles. The van der Waals surface area contributed by atoms with E-state index >= 15 is 0 Å². The van der Waals surface area contributed by atoms with Crippen molar-refractivity contribution >= 4 is 17.7 Å². The first-order chi connectivity index (χ1) is 9.12. The molecule has 0 radical (unpaired) electrons. The molecule has 2 atom stereocenters. The zero-order chi connectivity index (χ0) is 15.7. The Morgan fingerprint density at radius 1 is 1.10 bits per heavy atom. The largest absolute Gasteiger partial charge is 0.479 e. The van der Waals surface area contributed by atoms with Crippen LogP contribution in [0.4, 0.5) is 0 Å². The van der Waals surface area contributed by atoms with E-state index < -0.39 is 29.4 Å². The number of aliphatic hydroxyl groups excluding tert-OH is 1. The molecule has 1 aromatic rings. The van der Waals surface area contributed by atoms with Crippen molar-refractivity contribution in [2.75, 3.05) is 0 Å². The van der Waals surface area contributed by atoms with Gasteiger partial charge in [-0.1, -0.05) is 12.1 Å². The summed E-state index contributed by atoms with van der Waals surface area (Å²) < 4.78 is 0. The maximum Gasteiger partial charge on any atom is 0.347 e. The number of carbonyl (C=O) groups excluding carboxylic acids is 1. The molecule has 0 fully saturated rings. The minimum Gasteiger partial charge on any atom is -0.479 e. The molecular weight excluding hydrogens is 284 g/mol. The second-order valence-corrected chi connectivity index (χ2v) is 4.44. The predicted octanol–water partition coefficient (Wildman–Crippen LogP) is -1.08. The van der Waals surface area contributed by atoms with Gasteiger partial charge < -0.3 is 25.9 Å². The van der Waals surface area contributed by atoms with Gasteiger partial charge in [-0.05, 0) is 31.0 Å². The Kier molecular flexibility index (Phi) is 5.74. The Bertz CT molecular complexity index is 580. The number of aliphatic carboxylic acids is 2. The van der Waals surface area contributed by atoms with Gasteiger partial charge in [-0.15, -0.1) is 0 Å². The number of benzene rings is 1. The van der Waals surface area contributed by atoms with Crippen LogP contribution in [0.15, 0.2) is 18.2 Å². The molecule has 0 saturated heterocycles. The lowest BCUT2D eigenvalue weighted by Crippen LogP contribution is -2.58. The number of hydrogen-bond donors (Lipinski definition) is 4. The molecule has 0 saturated carbocycles. The van der Waals surface area contributed by atoms with Crippen molar-refractivity contribution < 1.29 is 40.3 Å². The lowest BCUT2D eigenvalue weighted by Gasteiger charge is -2.24. The Balaban J connectivity index is 0.00000400. The maximum absolute atomic E-state index is 12.1. The molecule has 0 spiro atoms. The van der Waals surface area contributed by atoms with E-state index in [0.29, 0.717) is 5.56 Å². The molecule has 8 nitrogen and oxygen atoms in total. The molecule has 0 aliphatic carbocycles. The van der Waals surface area contributed by atoms with E-state index in [4.69, 9.17) is 10.2 Å². The highest BCUT2D eigenvalue weighted by molar-refractivity contribution is 6.17. The molecule has 1 aromatic carbocycles. The summed E-state index contributed by atoms with van der Waals surface area (Å²) in [6.45, 7) is 3.43. The standard InChI is InChI=1S/C13H14O7.H2O/c1-6-3-4-8(5-7(6)2)9(14)13(20,12(18)19)10(15)11(16)17;/h3-5,10,15,20H,1-2H3,(H,16,17)(H,18,19);1H2/t10-,13+;/m1./s1. The van der Waals surface area contributed by atoms with Crippen molar-refractivity contribution in [1.29, 1.82) is 0 Å². The molecule has 0 unspecified atom stereocenters. The fraction of sp³-hybridized carbons (Fsp3) is 0.308. The second kappa shape index (κ2) is 6.44. The summed E-state index contributed by atoms with van der Waals surface area (Å²) in [4.78, 5) is 33.8. The molecule has 6 N–H and O–H groups in total. The normalized spacial score (nSPS) is 14.5. The van der Waals surface area contributed by atoms with Gasteiger partial charge in [0.1, 0.15) is 0 Å². The summed E-state index contributed by atoms with van der Waals surface area (Å²) in [6.07, 6.45) is -2.77. The van der Waals surface area contributed by atoms with Crippen LogP contribution in [-0.4, -0.2) is 55.3 Å². The lowest BCUT2D eigenvalue weighted by atomic mass is 9.86. The molecule has 0 aliphatic heterocycles. The molecule has 0 aromatic heterocycles. The monoisotopic (exact) mass is 300 g/mol. The van der Waals surface area contributed by atoms with E-state index in [0.717, 1.165) is 5.56 Å². The molecule has 0 amide bonds. The summed E-state index contributed by atoms with van der Waals surface area (Å²) >= 11 is 0. The van der Waals surface area contributed by atoms with Gasteiger partial charge in [0.2, 0.25) is 5.78 Å². The zero-order valence-corrected chi connectivity index (χ0v) is 11.3. The van der Waals surface area contributed by atoms with E-state index in [2.05, 4.69) is 0 Å². The molecule has 8 heteroatoms. The number of rotatable bonds is 5. The van der Waals surface area contributed by atoms with Gasteiger partial charge in [-0.25, -0.2) is 9.59 Å². The SMILES string of the molecule is Cc1ccc(C(=O)[C@@](O)(C(=O)O)[C@H](O)C(=O)O)cc1C.O. The van der Waals surface area contributed by atoms with Crippen molar-refractivity contribution in [3.05, 3.63) is 34.9 Å². The summed E-state index contributed by atoms with van der Waals surface area (Å²) in [7, 11) is 0.